The fourth-order valence-electron chi connectivity index (χ4n) is 2.82. The number of halogens is 1. The van der Waals surface area contributed by atoms with E-state index in [0.717, 1.165) is 12.8 Å². The quantitative estimate of drug-likeness (QED) is 0.913. The maximum Gasteiger partial charge on any atom is 0.170 e. The highest BCUT2D eigenvalue weighted by Crippen LogP contribution is 2.37. The fourth-order valence-corrected chi connectivity index (χ4v) is 2.82. The van der Waals surface area contributed by atoms with Gasteiger partial charge in [-0.1, -0.05) is 13.8 Å². The first-order valence-electron chi connectivity index (χ1n) is 7.01. The zero-order valence-corrected chi connectivity index (χ0v) is 12.1. The van der Waals surface area contributed by atoms with Gasteiger partial charge in [-0.25, -0.2) is 9.37 Å². The van der Waals surface area contributed by atoms with Crippen molar-refractivity contribution in [2.45, 2.75) is 52.1 Å². The Hall–Kier alpha value is -1.16. The summed E-state index contributed by atoms with van der Waals surface area (Å²) in [4.78, 5) is 6.18. The fraction of sp³-hybridized carbons (Fsp3) is 0.667. The highest BCUT2D eigenvalue weighted by molar-refractivity contribution is 5.43. The van der Waals surface area contributed by atoms with Crippen LogP contribution in [0.4, 0.5) is 10.2 Å². The van der Waals surface area contributed by atoms with Crippen molar-refractivity contribution in [1.29, 1.82) is 0 Å². The Bertz CT molecular complexity index is 435. The van der Waals surface area contributed by atoms with Crippen molar-refractivity contribution in [3.8, 4) is 0 Å². The summed E-state index contributed by atoms with van der Waals surface area (Å²) in [5.74, 6) is 0.171. The van der Waals surface area contributed by atoms with Crippen LogP contribution in [0.2, 0.25) is 0 Å². The Kier molecular flexibility index (Phi) is 4.09. The van der Waals surface area contributed by atoms with Gasteiger partial charge in [-0.15, -0.1) is 0 Å². The molecular weight excluding hydrogens is 241 g/mol. The number of hydrogen-bond acceptors (Lipinski definition) is 3. The Morgan fingerprint density at radius 1 is 1.42 bits per heavy atom. The number of aromatic nitrogens is 1. The van der Waals surface area contributed by atoms with Gasteiger partial charge in [0, 0.05) is 31.4 Å². The third kappa shape index (κ3) is 3.06. The van der Waals surface area contributed by atoms with E-state index in [-0.39, 0.29) is 12.4 Å². The van der Waals surface area contributed by atoms with Crippen LogP contribution in [-0.2, 0) is 6.54 Å². The van der Waals surface area contributed by atoms with Gasteiger partial charge in [-0.05, 0) is 37.2 Å². The number of anilines is 1. The van der Waals surface area contributed by atoms with Crippen LogP contribution < -0.4 is 10.6 Å². The molecule has 1 saturated carbocycles. The standard InChI is InChI=1S/C15H24FN3/c1-15(2)7-4-12(5-8-15)19(3)14-13(16)11(10-17)6-9-18-14/h6,9,12H,4-5,7-8,10,17H2,1-3H3. The van der Waals surface area contributed by atoms with E-state index in [1.165, 1.54) is 12.8 Å². The molecule has 4 heteroatoms. The Labute approximate surface area is 115 Å². The minimum atomic E-state index is -0.266. The average Bonchev–Trinajstić information content (AvgIpc) is 2.38. The lowest BCUT2D eigenvalue weighted by atomic mass is 9.75. The lowest BCUT2D eigenvalue weighted by Crippen LogP contribution is -2.38. The number of hydrogen-bond donors (Lipinski definition) is 1. The van der Waals surface area contributed by atoms with Crippen molar-refractivity contribution < 1.29 is 4.39 Å². The molecule has 106 valence electrons. The van der Waals surface area contributed by atoms with Crippen LogP contribution in [-0.4, -0.2) is 18.1 Å². The summed E-state index contributed by atoms with van der Waals surface area (Å²) in [7, 11) is 1.94. The molecule has 1 fully saturated rings. The van der Waals surface area contributed by atoms with Crippen molar-refractivity contribution in [3.63, 3.8) is 0 Å². The molecule has 0 saturated heterocycles. The van der Waals surface area contributed by atoms with E-state index in [4.69, 9.17) is 5.73 Å². The molecule has 0 unspecified atom stereocenters. The van der Waals surface area contributed by atoms with E-state index in [1.54, 1.807) is 12.3 Å². The lowest BCUT2D eigenvalue weighted by molar-refractivity contribution is 0.222. The van der Waals surface area contributed by atoms with E-state index in [1.807, 2.05) is 11.9 Å². The summed E-state index contributed by atoms with van der Waals surface area (Å²) < 4.78 is 14.2. The van der Waals surface area contributed by atoms with Crippen LogP contribution in [0.3, 0.4) is 0 Å². The predicted octanol–water partition coefficient (Wildman–Crippen LogP) is 3.08. The smallest absolute Gasteiger partial charge is 0.170 e. The summed E-state index contributed by atoms with van der Waals surface area (Å²) in [6.07, 6.45) is 6.19. The topological polar surface area (TPSA) is 42.2 Å². The molecule has 3 nitrogen and oxygen atoms in total. The van der Waals surface area contributed by atoms with E-state index in [9.17, 15) is 4.39 Å². The van der Waals surface area contributed by atoms with E-state index in [2.05, 4.69) is 18.8 Å². The van der Waals surface area contributed by atoms with Gasteiger partial charge in [0.25, 0.3) is 0 Å². The van der Waals surface area contributed by atoms with E-state index >= 15 is 0 Å². The van der Waals surface area contributed by atoms with Crippen molar-refractivity contribution in [2.75, 3.05) is 11.9 Å². The third-order valence-corrected chi connectivity index (χ3v) is 4.36. The van der Waals surface area contributed by atoms with E-state index < -0.39 is 0 Å². The molecule has 0 aromatic carbocycles. The third-order valence-electron chi connectivity index (χ3n) is 4.36. The first kappa shape index (κ1) is 14.3. The van der Waals surface area contributed by atoms with Crippen LogP contribution in [0, 0.1) is 11.2 Å². The Morgan fingerprint density at radius 2 is 2.05 bits per heavy atom. The normalized spacial score (nSPS) is 19.4. The summed E-state index contributed by atoms with van der Waals surface area (Å²) in [5.41, 5.74) is 6.50. The van der Waals surface area contributed by atoms with Gasteiger partial charge in [0.05, 0.1) is 0 Å². The second-order valence-electron chi connectivity index (χ2n) is 6.32. The van der Waals surface area contributed by atoms with Crippen LogP contribution >= 0.6 is 0 Å². The zero-order chi connectivity index (χ0) is 14.0. The predicted molar refractivity (Wildman–Crippen MR) is 76.5 cm³/mol. The van der Waals surface area contributed by atoms with Gasteiger partial charge in [-0.3, -0.25) is 0 Å². The van der Waals surface area contributed by atoms with Crippen molar-refractivity contribution in [3.05, 3.63) is 23.6 Å². The van der Waals surface area contributed by atoms with Gasteiger partial charge < -0.3 is 10.6 Å². The molecule has 1 heterocycles. The first-order valence-corrected chi connectivity index (χ1v) is 7.01. The van der Waals surface area contributed by atoms with E-state index in [0.29, 0.717) is 22.8 Å². The van der Waals surface area contributed by atoms with Crippen LogP contribution in [0.15, 0.2) is 12.3 Å². The molecule has 1 aliphatic rings. The largest absolute Gasteiger partial charge is 0.354 e. The zero-order valence-electron chi connectivity index (χ0n) is 12.1. The van der Waals surface area contributed by atoms with Crippen molar-refractivity contribution in [1.82, 2.24) is 4.98 Å². The molecule has 1 aromatic heterocycles. The van der Waals surface area contributed by atoms with Crippen LogP contribution in [0.25, 0.3) is 0 Å². The SMILES string of the molecule is CN(c1nccc(CN)c1F)C1CCC(C)(C)CC1. The molecule has 0 aliphatic heterocycles. The second kappa shape index (κ2) is 5.45. The first-order chi connectivity index (χ1) is 8.94. The molecule has 0 bridgehead atoms. The van der Waals surface area contributed by atoms with Crippen LogP contribution in [0.1, 0.15) is 45.1 Å². The van der Waals surface area contributed by atoms with Crippen LogP contribution in [0.5, 0.6) is 0 Å². The summed E-state index contributed by atoms with van der Waals surface area (Å²) in [5, 5.41) is 0. The van der Waals surface area contributed by atoms with Gasteiger partial charge in [0.1, 0.15) is 0 Å². The maximum absolute atomic E-state index is 14.2. The maximum atomic E-state index is 14.2. The van der Waals surface area contributed by atoms with Crippen molar-refractivity contribution in [2.24, 2.45) is 11.1 Å². The monoisotopic (exact) mass is 265 g/mol. The number of rotatable bonds is 3. The Balaban J connectivity index is 2.14. The highest BCUT2D eigenvalue weighted by atomic mass is 19.1. The molecule has 0 atom stereocenters. The number of nitrogens with zero attached hydrogens (tertiary/aromatic N) is 2. The summed E-state index contributed by atoms with van der Waals surface area (Å²) in [6, 6.07) is 2.03. The second-order valence-corrected chi connectivity index (χ2v) is 6.32. The van der Waals surface area contributed by atoms with Crippen molar-refractivity contribution >= 4 is 5.82 Å². The number of nitrogens with two attached hydrogens (primary N) is 1. The molecular formula is C15H24FN3. The van der Waals surface area contributed by atoms with Gasteiger partial charge in [0.2, 0.25) is 0 Å². The Morgan fingerprint density at radius 3 is 2.63 bits per heavy atom. The van der Waals surface area contributed by atoms with Gasteiger partial charge in [-0.2, -0.15) is 0 Å². The summed E-state index contributed by atoms with van der Waals surface area (Å²) >= 11 is 0. The highest BCUT2D eigenvalue weighted by Gasteiger charge is 2.30. The minimum absolute atomic E-state index is 0.215. The lowest BCUT2D eigenvalue weighted by Gasteiger charge is -2.39. The molecule has 1 aliphatic carbocycles. The molecule has 0 radical (unpaired) electrons. The molecule has 0 spiro atoms. The minimum Gasteiger partial charge on any atom is -0.354 e. The molecule has 2 N–H and O–H groups in total. The number of pyridine rings is 1. The molecule has 0 amide bonds. The summed E-state index contributed by atoms with van der Waals surface area (Å²) in [6.45, 7) is 4.82. The average molecular weight is 265 g/mol. The molecule has 1 aromatic rings. The van der Waals surface area contributed by atoms with Gasteiger partial charge >= 0.3 is 0 Å². The van der Waals surface area contributed by atoms with Gasteiger partial charge in [0.15, 0.2) is 11.6 Å². The molecule has 2 rings (SSSR count). The molecule has 19 heavy (non-hydrogen) atoms.